The zero-order valence-corrected chi connectivity index (χ0v) is 19.7. The molecule has 1 saturated heterocycles. The number of hydrogen-bond donors (Lipinski definition) is 1. The van der Waals surface area contributed by atoms with E-state index in [1.807, 2.05) is 53.6 Å². The summed E-state index contributed by atoms with van der Waals surface area (Å²) in [5.41, 5.74) is 0.861. The van der Waals surface area contributed by atoms with Gasteiger partial charge in [-0.15, -0.1) is 11.3 Å². The largest absolute Gasteiger partial charge is 0.483 e. The van der Waals surface area contributed by atoms with Gasteiger partial charge in [0.1, 0.15) is 5.75 Å². The summed E-state index contributed by atoms with van der Waals surface area (Å²) in [4.78, 5) is 41.5. The van der Waals surface area contributed by atoms with Gasteiger partial charge in [0, 0.05) is 38.7 Å². The predicted octanol–water partition coefficient (Wildman–Crippen LogP) is 3.33. The van der Waals surface area contributed by atoms with Gasteiger partial charge in [-0.05, 0) is 36.8 Å². The van der Waals surface area contributed by atoms with E-state index in [0.29, 0.717) is 38.1 Å². The van der Waals surface area contributed by atoms with Gasteiger partial charge < -0.3 is 19.9 Å². The summed E-state index contributed by atoms with van der Waals surface area (Å²) in [6.45, 7) is 3.12. The van der Waals surface area contributed by atoms with Gasteiger partial charge in [-0.2, -0.15) is 0 Å². The van der Waals surface area contributed by atoms with E-state index in [1.165, 1.54) is 16.2 Å². The van der Waals surface area contributed by atoms with Crippen LogP contribution < -0.4 is 10.1 Å². The van der Waals surface area contributed by atoms with Gasteiger partial charge in [-0.25, -0.2) is 0 Å². The molecular weight excluding hydrogens is 426 g/mol. The summed E-state index contributed by atoms with van der Waals surface area (Å²) in [5.74, 6) is 0.398. The van der Waals surface area contributed by atoms with E-state index < -0.39 is 0 Å². The maximum atomic E-state index is 13.0. The lowest BCUT2D eigenvalue weighted by Crippen LogP contribution is -2.43. The van der Waals surface area contributed by atoms with Gasteiger partial charge in [0.25, 0.3) is 11.8 Å². The molecule has 2 heterocycles. The Morgan fingerprint density at radius 2 is 1.88 bits per heavy atom. The molecule has 1 aliphatic heterocycles. The molecule has 0 radical (unpaired) electrons. The predicted molar refractivity (Wildman–Crippen MR) is 125 cm³/mol. The highest BCUT2D eigenvalue weighted by molar-refractivity contribution is 7.12. The number of nitrogens with zero attached hydrogens (tertiary/aromatic N) is 2. The molecule has 3 amide bonds. The number of likely N-dealkylation sites (N-methyl/N-ethyl adjacent to an activating group) is 1. The third kappa shape index (κ3) is 5.88. The van der Waals surface area contributed by atoms with Crippen LogP contribution in [0.4, 0.5) is 0 Å². The number of amides is 3. The molecule has 1 aromatic heterocycles. The second-order valence-electron chi connectivity index (χ2n) is 8.13. The maximum absolute atomic E-state index is 13.0. The van der Waals surface area contributed by atoms with Crippen molar-refractivity contribution in [1.82, 2.24) is 15.1 Å². The van der Waals surface area contributed by atoms with Crippen LogP contribution in [0.25, 0.3) is 0 Å². The van der Waals surface area contributed by atoms with E-state index in [-0.39, 0.29) is 36.3 Å². The van der Waals surface area contributed by atoms with Crippen LogP contribution in [-0.4, -0.2) is 61.3 Å². The molecule has 32 heavy (non-hydrogen) atoms. The number of carbonyl (C=O) groups is 3. The van der Waals surface area contributed by atoms with E-state index in [9.17, 15) is 14.4 Å². The Hall–Kier alpha value is -2.87. The van der Waals surface area contributed by atoms with Crippen LogP contribution in [-0.2, 0) is 9.59 Å². The molecule has 1 aliphatic rings. The normalized spacial score (nSPS) is 15.2. The average Bonchev–Trinajstić information content (AvgIpc) is 3.35. The van der Waals surface area contributed by atoms with Gasteiger partial charge in [-0.1, -0.05) is 31.2 Å². The number of hydrogen-bond acceptors (Lipinski definition) is 5. The highest BCUT2D eigenvalue weighted by Gasteiger charge is 2.29. The molecule has 1 N–H and O–H groups in total. The number of piperidine rings is 1. The number of ether oxygens (including phenoxy) is 1. The highest BCUT2D eigenvalue weighted by atomic mass is 32.1. The van der Waals surface area contributed by atoms with Crippen LogP contribution in [0.5, 0.6) is 5.75 Å². The second kappa shape index (κ2) is 11.1. The van der Waals surface area contributed by atoms with Gasteiger partial charge in [0.05, 0.1) is 10.9 Å². The lowest BCUT2D eigenvalue weighted by molar-refractivity contribution is -0.131. The number of para-hydroxylation sites is 1. The molecule has 1 fully saturated rings. The number of rotatable bonds is 8. The Labute approximate surface area is 193 Å². The first-order valence-electron chi connectivity index (χ1n) is 11.0. The van der Waals surface area contributed by atoms with Crippen LogP contribution in [0, 0.1) is 5.92 Å². The van der Waals surface area contributed by atoms with Crippen molar-refractivity contribution in [2.45, 2.75) is 32.2 Å². The zero-order chi connectivity index (χ0) is 23.1. The fourth-order valence-corrected chi connectivity index (χ4v) is 4.45. The Balaban J connectivity index is 1.58. The van der Waals surface area contributed by atoms with Crippen LogP contribution in [0.2, 0.25) is 0 Å². The van der Waals surface area contributed by atoms with Crippen LogP contribution in [0.15, 0.2) is 41.8 Å². The quantitative estimate of drug-likeness (QED) is 0.660. The van der Waals surface area contributed by atoms with Crippen molar-refractivity contribution in [1.29, 1.82) is 0 Å². The van der Waals surface area contributed by atoms with E-state index >= 15 is 0 Å². The minimum absolute atomic E-state index is 0.000700. The van der Waals surface area contributed by atoms with E-state index in [1.54, 1.807) is 14.1 Å². The fourth-order valence-electron chi connectivity index (χ4n) is 3.76. The second-order valence-corrected chi connectivity index (χ2v) is 9.08. The molecule has 0 aliphatic carbocycles. The van der Waals surface area contributed by atoms with Gasteiger partial charge in [0.2, 0.25) is 5.91 Å². The molecule has 8 heteroatoms. The van der Waals surface area contributed by atoms with Crippen molar-refractivity contribution in [3.8, 4) is 5.75 Å². The molecule has 3 rings (SSSR count). The molecule has 0 spiro atoms. The molecule has 1 atom stereocenters. The van der Waals surface area contributed by atoms with Crippen LogP contribution >= 0.6 is 11.3 Å². The summed E-state index contributed by atoms with van der Waals surface area (Å²) < 4.78 is 5.76. The average molecular weight is 458 g/mol. The maximum Gasteiger partial charge on any atom is 0.263 e. The van der Waals surface area contributed by atoms with Crippen molar-refractivity contribution in [3.05, 3.63) is 52.2 Å². The third-order valence-electron chi connectivity index (χ3n) is 5.75. The van der Waals surface area contributed by atoms with E-state index in [0.717, 1.165) is 10.4 Å². The number of carbonyl (C=O) groups excluding carboxylic acids is 3. The fraction of sp³-hybridized carbons (Fsp3) is 0.458. The zero-order valence-electron chi connectivity index (χ0n) is 18.9. The first kappa shape index (κ1) is 23.8. The molecule has 1 aromatic carbocycles. The molecule has 2 aromatic rings. The first-order chi connectivity index (χ1) is 15.4. The van der Waals surface area contributed by atoms with Crippen molar-refractivity contribution >= 4 is 29.1 Å². The molecule has 0 saturated carbocycles. The number of benzene rings is 1. The van der Waals surface area contributed by atoms with Gasteiger partial charge in [-0.3, -0.25) is 14.4 Å². The smallest absolute Gasteiger partial charge is 0.263 e. The SMILES string of the molecule is CCC(NC(=O)C1CCN(C(=O)c2cccs2)CC1)c1ccccc1OCC(=O)N(C)C. The highest BCUT2D eigenvalue weighted by Crippen LogP contribution is 2.29. The standard InChI is InChI=1S/C24H31N3O4S/c1-4-19(18-8-5-6-9-20(18)31-16-22(28)26(2)3)25-23(29)17-11-13-27(14-12-17)24(30)21-10-7-15-32-21/h5-10,15,17,19H,4,11-14,16H2,1-3H3,(H,25,29). The monoisotopic (exact) mass is 457 g/mol. The lowest BCUT2D eigenvalue weighted by Gasteiger charge is -2.32. The molecule has 172 valence electrons. The summed E-state index contributed by atoms with van der Waals surface area (Å²) in [6, 6.07) is 11.0. The summed E-state index contributed by atoms with van der Waals surface area (Å²) in [5, 5.41) is 5.06. The van der Waals surface area contributed by atoms with E-state index in [2.05, 4.69) is 5.32 Å². The number of nitrogens with one attached hydrogen (secondary N) is 1. The van der Waals surface area contributed by atoms with Crippen molar-refractivity contribution in [2.75, 3.05) is 33.8 Å². The molecule has 1 unspecified atom stereocenters. The minimum atomic E-state index is -0.209. The molecular formula is C24H31N3O4S. The minimum Gasteiger partial charge on any atom is -0.483 e. The van der Waals surface area contributed by atoms with Gasteiger partial charge >= 0.3 is 0 Å². The van der Waals surface area contributed by atoms with Crippen molar-refractivity contribution < 1.29 is 19.1 Å². The first-order valence-corrected chi connectivity index (χ1v) is 11.8. The van der Waals surface area contributed by atoms with Crippen LogP contribution in [0.1, 0.15) is 47.5 Å². The van der Waals surface area contributed by atoms with E-state index in [4.69, 9.17) is 4.74 Å². The van der Waals surface area contributed by atoms with Crippen molar-refractivity contribution in [2.24, 2.45) is 5.92 Å². The molecule has 7 nitrogen and oxygen atoms in total. The molecule has 0 bridgehead atoms. The topological polar surface area (TPSA) is 79.0 Å². The summed E-state index contributed by atoms with van der Waals surface area (Å²) in [7, 11) is 3.37. The third-order valence-corrected chi connectivity index (χ3v) is 6.61. The number of thiophene rings is 1. The summed E-state index contributed by atoms with van der Waals surface area (Å²) in [6.07, 6.45) is 1.99. The Morgan fingerprint density at radius 1 is 1.16 bits per heavy atom. The Morgan fingerprint density at radius 3 is 2.50 bits per heavy atom. The van der Waals surface area contributed by atoms with Crippen molar-refractivity contribution in [3.63, 3.8) is 0 Å². The Bertz CT molecular complexity index is 921. The lowest BCUT2D eigenvalue weighted by atomic mass is 9.94. The van der Waals surface area contributed by atoms with Crippen LogP contribution in [0.3, 0.4) is 0 Å². The number of likely N-dealkylation sites (tertiary alicyclic amines) is 1. The Kier molecular flexibility index (Phi) is 8.27. The van der Waals surface area contributed by atoms with Gasteiger partial charge in [0.15, 0.2) is 6.61 Å². The summed E-state index contributed by atoms with van der Waals surface area (Å²) >= 11 is 1.44.